The van der Waals surface area contributed by atoms with Gasteiger partial charge >= 0.3 is 5.97 Å². The topological polar surface area (TPSA) is 64.5 Å². The van der Waals surface area contributed by atoms with Gasteiger partial charge in [-0.2, -0.15) is 0 Å². The summed E-state index contributed by atoms with van der Waals surface area (Å²) >= 11 is 0. The number of carbonyl (C=O) groups is 1. The van der Waals surface area contributed by atoms with Crippen molar-refractivity contribution in [2.75, 3.05) is 25.1 Å². The summed E-state index contributed by atoms with van der Waals surface area (Å²) < 4.78 is 49.3. The van der Waals surface area contributed by atoms with Crippen LogP contribution in [0.15, 0.2) is 24.5 Å². The Balaban J connectivity index is 1.67. The van der Waals surface area contributed by atoms with Crippen LogP contribution in [0.2, 0.25) is 0 Å². The maximum atomic E-state index is 13.2. The van der Waals surface area contributed by atoms with Gasteiger partial charge in [0.25, 0.3) is 0 Å². The summed E-state index contributed by atoms with van der Waals surface area (Å²) in [6.07, 6.45) is 2.41. The molecule has 2 aromatic rings. The zero-order valence-corrected chi connectivity index (χ0v) is 12.5. The summed E-state index contributed by atoms with van der Waals surface area (Å²) in [6.45, 7) is 0.645. The van der Waals surface area contributed by atoms with Gasteiger partial charge in [0.05, 0.1) is 20.2 Å². The van der Waals surface area contributed by atoms with E-state index in [9.17, 15) is 18.0 Å². The van der Waals surface area contributed by atoms with Gasteiger partial charge in [0, 0.05) is 24.5 Å². The molecule has 1 aliphatic heterocycles. The average molecular weight is 339 g/mol. The minimum absolute atomic E-state index is 0.0670. The lowest BCUT2D eigenvalue weighted by molar-refractivity contribution is 0.0593. The van der Waals surface area contributed by atoms with Crippen LogP contribution < -0.4 is 9.64 Å². The van der Waals surface area contributed by atoms with E-state index in [1.165, 1.54) is 19.5 Å². The monoisotopic (exact) mass is 339 g/mol. The molecule has 6 nitrogen and oxygen atoms in total. The van der Waals surface area contributed by atoms with E-state index in [4.69, 9.17) is 4.74 Å². The van der Waals surface area contributed by atoms with Crippen molar-refractivity contribution in [1.29, 1.82) is 0 Å². The summed E-state index contributed by atoms with van der Waals surface area (Å²) in [4.78, 5) is 21.4. The van der Waals surface area contributed by atoms with Crippen molar-refractivity contribution in [2.45, 2.75) is 6.10 Å². The molecule has 0 amide bonds. The van der Waals surface area contributed by atoms with E-state index in [0.717, 1.165) is 12.1 Å². The number of carbonyl (C=O) groups excluding carboxylic acids is 1. The molecule has 0 radical (unpaired) electrons. The van der Waals surface area contributed by atoms with Crippen molar-refractivity contribution < 1.29 is 27.4 Å². The zero-order chi connectivity index (χ0) is 17.3. The molecule has 0 N–H and O–H groups in total. The highest BCUT2D eigenvalue weighted by Crippen LogP contribution is 2.26. The number of ether oxygens (including phenoxy) is 2. The second kappa shape index (κ2) is 6.34. The standard InChI is InChI=1S/C15H12F3N3O3/c1-23-15(22)13-14(20-3-2-19-13)21-6-9(7-21)24-8-4-10(16)12(18)11(17)5-8/h2-5,9H,6-7H2,1H3. The Hall–Kier alpha value is -2.84. The molecular weight excluding hydrogens is 327 g/mol. The molecule has 0 atom stereocenters. The van der Waals surface area contributed by atoms with Crippen LogP contribution >= 0.6 is 0 Å². The van der Waals surface area contributed by atoms with Gasteiger partial charge in [0.2, 0.25) is 0 Å². The molecule has 0 unspecified atom stereocenters. The van der Waals surface area contributed by atoms with Gasteiger partial charge in [-0.3, -0.25) is 0 Å². The molecule has 9 heteroatoms. The Morgan fingerprint density at radius 2 is 1.79 bits per heavy atom. The predicted molar refractivity (Wildman–Crippen MR) is 76.3 cm³/mol. The average Bonchev–Trinajstić information content (AvgIpc) is 2.54. The quantitative estimate of drug-likeness (QED) is 0.627. The number of aromatic nitrogens is 2. The Kier molecular flexibility index (Phi) is 4.24. The van der Waals surface area contributed by atoms with E-state index in [-0.39, 0.29) is 17.5 Å². The highest BCUT2D eigenvalue weighted by Gasteiger charge is 2.33. The van der Waals surface area contributed by atoms with Gasteiger partial charge in [-0.1, -0.05) is 0 Å². The van der Waals surface area contributed by atoms with Crippen LogP contribution in [-0.4, -0.2) is 42.2 Å². The first-order valence-electron chi connectivity index (χ1n) is 6.95. The van der Waals surface area contributed by atoms with Crippen molar-refractivity contribution in [3.05, 3.63) is 47.7 Å². The summed E-state index contributed by atoms with van der Waals surface area (Å²) in [5, 5.41) is 0. The largest absolute Gasteiger partial charge is 0.487 e. The molecule has 1 aliphatic rings. The van der Waals surface area contributed by atoms with Gasteiger partial charge in [0.1, 0.15) is 11.9 Å². The lowest BCUT2D eigenvalue weighted by Crippen LogP contribution is -2.54. The van der Waals surface area contributed by atoms with Gasteiger partial charge in [0.15, 0.2) is 29.0 Å². The summed E-state index contributed by atoms with van der Waals surface area (Å²) in [5.41, 5.74) is 0.0670. The summed E-state index contributed by atoms with van der Waals surface area (Å²) in [5.74, 6) is -4.57. The number of benzene rings is 1. The number of hydrogen-bond donors (Lipinski definition) is 0. The van der Waals surface area contributed by atoms with Gasteiger partial charge in [-0.05, 0) is 0 Å². The molecule has 0 spiro atoms. The normalized spacial score (nSPS) is 14.2. The number of rotatable bonds is 4. The maximum Gasteiger partial charge on any atom is 0.360 e. The highest BCUT2D eigenvalue weighted by atomic mass is 19.2. The van der Waals surface area contributed by atoms with Gasteiger partial charge in [-0.25, -0.2) is 27.9 Å². The number of methoxy groups -OCH3 is 1. The van der Waals surface area contributed by atoms with Crippen LogP contribution in [-0.2, 0) is 4.74 Å². The van der Waals surface area contributed by atoms with E-state index < -0.39 is 23.4 Å². The van der Waals surface area contributed by atoms with E-state index in [1.54, 1.807) is 4.90 Å². The minimum atomic E-state index is -1.54. The fraction of sp³-hybridized carbons (Fsp3) is 0.267. The first-order chi connectivity index (χ1) is 11.5. The van der Waals surface area contributed by atoms with Crippen LogP contribution in [0.25, 0.3) is 0 Å². The highest BCUT2D eigenvalue weighted by molar-refractivity contribution is 5.92. The van der Waals surface area contributed by atoms with Crippen LogP contribution in [0.3, 0.4) is 0 Å². The first-order valence-corrected chi connectivity index (χ1v) is 6.95. The van der Waals surface area contributed by atoms with Crippen molar-refractivity contribution >= 4 is 11.8 Å². The van der Waals surface area contributed by atoms with E-state index in [0.29, 0.717) is 18.9 Å². The number of hydrogen-bond acceptors (Lipinski definition) is 6. The van der Waals surface area contributed by atoms with Crippen LogP contribution in [0, 0.1) is 17.5 Å². The molecule has 24 heavy (non-hydrogen) atoms. The number of halogens is 3. The molecule has 1 aromatic carbocycles. The third-order valence-corrected chi connectivity index (χ3v) is 3.47. The molecule has 126 valence electrons. The Bertz CT molecular complexity index is 759. The molecule has 0 aliphatic carbocycles. The third kappa shape index (κ3) is 2.97. The lowest BCUT2D eigenvalue weighted by atomic mass is 10.1. The number of anilines is 1. The van der Waals surface area contributed by atoms with E-state index in [2.05, 4.69) is 14.7 Å². The lowest BCUT2D eigenvalue weighted by Gasteiger charge is -2.40. The molecule has 0 saturated carbocycles. The van der Waals surface area contributed by atoms with Crippen molar-refractivity contribution in [3.8, 4) is 5.75 Å². The Labute approximate surface area is 134 Å². The van der Waals surface area contributed by atoms with Crippen LogP contribution in [0.1, 0.15) is 10.5 Å². The summed E-state index contributed by atoms with van der Waals surface area (Å²) in [6, 6.07) is 1.56. The van der Waals surface area contributed by atoms with Crippen molar-refractivity contribution in [1.82, 2.24) is 9.97 Å². The van der Waals surface area contributed by atoms with Crippen LogP contribution in [0.4, 0.5) is 19.0 Å². The first kappa shape index (κ1) is 16.0. The second-order valence-electron chi connectivity index (χ2n) is 5.07. The fourth-order valence-corrected chi connectivity index (χ4v) is 2.28. The summed E-state index contributed by atoms with van der Waals surface area (Å²) in [7, 11) is 1.24. The van der Waals surface area contributed by atoms with Crippen LogP contribution in [0.5, 0.6) is 5.75 Å². The van der Waals surface area contributed by atoms with Crippen molar-refractivity contribution in [3.63, 3.8) is 0 Å². The van der Waals surface area contributed by atoms with E-state index >= 15 is 0 Å². The molecule has 3 rings (SSSR count). The fourth-order valence-electron chi connectivity index (χ4n) is 2.28. The molecule has 1 saturated heterocycles. The van der Waals surface area contributed by atoms with Crippen molar-refractivity contribution in [2.24, 2.45) is 0 Å². The number of nitrogens with zero attached hydrogens (tertiary/aromatic N) is 3. The second-order valence-corrected chi connectivity index (χ2v) is 5.07. The Morgan fingerprint density at radius 3 is 2.42 bits per heavy atom. The SMILES string of the molecule is COC(=O)c1nccnc1N1CC(Oc2cc(F)c(F)c(F)c2)C1. The Morgan fingerprint density at radius 1 is 1.17 bits per heavy atom. The third-order valence-electron chi connectivity index (χ3n) is 3.47. The molecule has 0 bridgehead atoms. The van der Waals surface area contributed by atoms with Gasteiger partial charge < -0.3 is 14.4 Å². The molecule has 1 fully saturated rings. The van der Waals surface area contributed by atoms with Gasteiger partial charge in [-0.15, -0.1) is 0 Å². The number of esters is 1. The van der Waals surface area contributed by atoms with E-state index in [1.807, 2.05) is 0 Å². The molecule has 2 heterocycles. The zero-order valence-electron chi connectivity index (χ0n) is 12.5. The smallest absolute Gasteiger partial charge is 0.360 e. The minimum Gasteiger partial charge on any atom is -0.487 e. The molecule has 1 aromatic heterocycles. The predicted octanol–water partition coefficient (Wildman–Crippen LogP) is 1.95. The maximum absolute atomic E-state index is 13.2. The molecular formula is C15H12F3N3O3.